The summed E-state index contributed by atoms with van der Waals surface area (Å²) >= 11 is 0. The molecule has 0 spiro atoms. The molecule has 11 heteroatoms. The van der Waals surface area contributed by atoms with E-state index in [0.717, 1.165) is 17.7 Å². The van der Waals surface area contributed by atoms with Gasteiger partial charge in [0.2, 0.25) is 5.54 Å². The number of aryl methyl sites for hydroxylation is 1. The largest absolute Gasteiger partial charge is 0.419 e. The lowest BCUT2D eigenvalue weighted by atomic mass is 9.82. The second kappa shape index (κ2) is 8.42. The minimum absolute atomic E-state index is 0.0674. The molecule has 0 saturated heterocycles. The number of nitriles is 1. The summed E-state index contributed by atoms with van der Waals surface area (Å²) in [5.74, 6) is 0. The van der Waals surface area contributed by atoms with Crippen molar-refractivity contribution in [2.24, 2.45) is 0 Å². The number of nitrogen functional groups attached to an aromatic ring is 1. The van der Waals surface area contributed by atoms with Gasteiger partial charge in [0.1, 0.15) is 0 Å². The second-order valence-electron chi connectivity index (χ2n) is 7.90. The van der Waals surface area contributed by atoms with Crippen molar-refractivity contribution in [1.82, 2.24) is 4.41 Å². The van der Waals surface area contributed by atoms with Crippen LogP contribution in [0.3, 0.4) is 0 Å². The highest BCUT2D eigenvalue weighted by Crippen LogP contribution is 2.58. The van der Waals surface area contributed by atoms with E-state index in [2.05, 4.69) is 0 Å². The molecule has 0 saturated carbocycles. The third-order valence-corrected chi connectivity index (χ3v) is 6.55. The first-order chi connectivity index (χ1) is 16.4. The molecule has 0 aliphatic carbocycles. The molecule has 0 radical (unpaired) electrons. The van der Waals surface area contributed by atoms with Gasteiger partial charge in [0.05, 0.1) is 23.0 Å². The number of nitrogens with two attached hydrogens (primary N) is 1. The number of hydrogen-bond acceptors (Lipinski definition) is 5. The maximum absolute atomic E-state index is 15.2. The fourth-order valence-electron chi connectivity index (χ4n) is 4.20. The van der Waals surface area contributed by atoms with Crippen LogP contribution in [0.15, 0.2) is 84.4 Å². The van der Waals surface area contributed by atoms with Crippen LogP contribution in [0.5, 0.6) is 0 Å². The summed E-state index contributed by atoms with van der Waals surface area (Å²) in [6.07, 6.45) is -5.37. The van der Waals surface area contributed by atoms with E-state index in [4.69, 9.17) is 5.73 Å². The average Bonchev–Trinajstić information content (AvgIpc) is 3.13. The fourth-order valence-corrected chi connectivity index (χ4v) is 5.23. The van der Waals surface area contributed by atoms with Crippen LogP contribution in [0.25, 0.3) is 5.70 Å². The first-order valence-electron chi connectivity index (χ1n) is 10.2. The van der Waals surface area contributed by atoms with Gasteiger partial charge >= 0.3 is 16.5 Å². The molecule has 3 N–H and O–H groups in total. The Labute approximate surface area is 200 Å². The second-order valence-corrected chi connectivity index (χ2v) is 9.14. The Morgan fingerprint density at radius 1 is 0.971 bits per heavy atom. The standard InChI is InChI=1S/C24H19F3N4O3S/c1-16-7-9-17(10-8-16)22-21(15-28)23(24(25,26)27,18-5-3-2-4-6-18)31(35(32,33)34)30(22)20-13-11-19(29)12-14-20/h2-14H,29H2,1H3,(H,32,33,34). The van der Waals surface area contributed by atoms with Crippen LogP contribution < -0.4 is 10.7 Å². The van der Waals surface area contributed by atoms with Crippen molar-refractivity contribution in [2.75, 3.05) is 10.7 Å². The van der Waals surface area contributed by atoms with Crippen LogP contribution in [-0.4, -0.2) is 23.6 Å². The molecule has 0 amide bonds. The van der Waals surface area contributed by atoms with E-state index in [1.165, 1.54) is 54.6 Å². The Hall–Kier alpha value is -3.85. The van der Waals surface area contributed by atoms with Gasteiger partial charge in [-0.25, -0.2) is 0 Å². The highest BCUT2D eigenvalue weighted by Gasteiger charge is 2.72. The number of halogens is 3. The van der Waals surface area contributed by atoms with Gasteiger partial charge in [0, 0.05) is 11.3 Å². The molecule has 35 heavy (non-hydrogen) atoms. The summed E-state index contributed by atoms with van der Waals surface area (Å²) in [7, 11) is -5.63. The van der Waals surface area contributed by atoms with Crippen molar-refractivity contribution in [3.8, 4) is 6.07 Å². The monoisotopic (exact) mass is 500 g/mol. The van der Waals surface area contributed by atoms with Gasteiger partial charge < -0.3 is 5.73 Å². The summed E-state index contributed by atoms with van der Waals surface area (Å²) in [4.78, 5) is 0. The van der Waals surface area contributed by atoms with E-state index in [0.29, 0.717) is 5.01 Å². The number of hydrazine groups is 1. The summed E-state index contributed by atoms with van der Waals surface area (Å²) in [6.45, 7) is 1.77. The van der Waals surface area contributed by atoms with Crippen molar-refractivity contribution in [2.45, 2.75) is 18.6 Å². The molecule has 4 rings (SSSR count). The molecule has 180 valence electrons. The van der Waals surface area contributed by atoms with Gasteiger partial charge in [-0.05, 0) is 36.8 Å². The highest BCUT2D eigenvalue weighted by molar-refractivity contribution is 7.83. The Bertz CT molecular complexity index is 1430. The van der Waals surface area contributed by atoms with Crippen LogP contribution in [0.4, 0.5) is 24.5 Å². The maximum atomic E-state index is 15.2. The lowest BCUT2D eigenvalue weighted by Crippen LogP contribution is -2.60. The normalized spacial score (nSPS) is 19.1. The Balaban J connectivity index is 2.23. The van der Waals surface area contributed by atoms with Gasteiger partial charge in [0.15, 0.2) is 0 Å². The van der Waals surface area contributed by atoms with Gasteiger partial charge in [-0.3, -0.25) is 9.56 Å². The van der Waals surface area contributed by atoms with Crippen LogP contribution in [0, 0.1) is 18.3 Å². The first kappa shape index (κ1) is 24.3. The van der Waals surface area contributed by atoms with Crippen molar-refractivity contribution < 1.29 is 26.1 Å². The third kappa shape index (κ3) is 3.81. The summed E-state index contributed by atoms with van der Waals surface area (Å²) < 4.78 is 81.2. The van der Waals surface area contributed by atoms with E-state index >= 15 is 13.2 Å². The first-order valence-corrected chi connectivity index (χ1v) is 11.6. The van der Waals surface area contributed by atoms with Crippen molar-refractivity contribution in [1.29, 1.82) is 5.26 Å². The molecule has 1 aliphatic rings. The zero-order valence-electron chi connectivity index (χ0n) is 18.2. The molecule has 7 nitrogen and oxygen atoms in total. The van der Waals surface area contributed by atoms with Gasteiger partial charge in [0.25, 0.3) is 0 Å². The maximum Gasteiger partial charge on any atom is 0.419 e. The van der Waals surface area contributed by atoms with E-state index < -0.39 is 33.2 Å². The quantitative estimate of drug-likeness (QED) is 0.393. The van der Waals surface area contributed by atoms with Gasteiger partial charge in [-0.1, -0.05) is 64.6 Å². The molecular formula is C24H19F3N4O3S. The zero-order valence-corrected chi connectivity index (χ0v) is 19.0. The average molecular weight is 501 g/mol. The molecule has 0 aromatic heterocycles. The fraction of sp³-hybridized carbons (Fsp3) is 0.125. The topological polar surface area (TPSA) is 111 Å². The number of benzene rings is 3. The smallest absolute Gasteiger partial charge is 0.399 e. The van der Waals surface area contributed by atoms with E-state index in [9.17, 15) is 18.2 Å². The highest BCUT2D eigenvalue weighted by atomic mass is 32.2. The Morgan fingerprint density at radius 2 is 1.54 bits per heavy atom. The molecule has 0 fully saturated rings. The van der Waals surface area contributed by atoms with Gasteiger partial charge in [-0.2, -0.15) is 26.9 Å². The number of rotatable bonds is 4. The Morgan fingerprint density at radius 3 is 2.03 bits per heavy atom. The van der Waals surface area contributed by atoms with Crippen LogP contribution in [0.1, 0.15) is 16.7 Å². The predicted octanol–water partition coefficient (Wildman–Crippen LogP) is 4.81. The van der Waals surface area contributed by atoms with Crippen molar-refractivity contribution in [3.63, 3.8) is 0 Å². The molecule has 3 aromatic rings. The Kier molecular flexibility index (Phi) is 5.84. The van der Waals surface area contributed by atoms with E-state index in [1.54, 1.807) is 25.1 Å². The zero-order chi connectivity index (χ0) is 25.6. The minimum Gasteiger partial charge on any atom is -0.399 e. The number of hydrogen-bond donors (Lipinski definition) is 2. The minimum atomic E-state index is -5.63. The summed E-state index contributed by atoms with van der Waals surface area (Å²) in [5, 5.41) is 10.8. The molecule has 3 aromatic carbocycles. The van der Waals surface area contributed by atoms with Crippen molar-refractivity contribution >= 4 is 27.4 Å². The summed E-state index contributed by atoms with van der Waals surface area (Å²) in [6, 6.07) is 19.3. The number of anilines is 2. The lowest BCUT2D eigenvalue weighted by Gasteiger charge is -2.41. The number of nitrogens with zero attached hydrogens (tertiary/aromatic N) is 3. The van der Waals surface area contributed by atoms with E-state index in [-0.39, 0.29) is 27.0 Å². The molecule has 1 unspecified atom stereocenters. The molecule has 1 aliphatic heterocycles. The van der Waals surface area contributed by atoms with Crippen LogP contribution >= 0.6 is 0 Å². The van der Waals surface area contributed by atoms with Gasteiger partial charge in [-0.15, -0.1) is 0 Å². The number of alkyl halides is 3. The third-order valence-electron chi connectivity index (χ3n) is 5.67. The molecule has 1 heterocycles. The molecular weight excluding hydrogens is 481 g/mol. The lowest BCUT2D eigenvalue weighted by molar-refractivity contribution is -0.205. The van der Waals surface area contributed by atoms with E-state index in [1.807, 2.05) is 0 Å². The molecule has 0 bridgehead atoms. The molecule has 1 atom stereocenters. The predicted molar refractivity (Wildman–Crippen MR) is 125 cm³/mol. The van der Waals surface area contributed by atoms with Crippen LogP contribution in [0.2, 0.25) is 0 Å². The van der Waals surface area contributed by atoms with Crippen molar-refractivity contribution in [3.05, 3.63) is 101 Å². The summed E-state index contributed by atoms with van der Waals surface area (Å²) in [5.41, 5.74) is 1.48. The SMILES string of the molecule is Cc1ccc(C2=C(C#N)C(c3ccccc3)(C(F)(F)F)N(S(=O)(=O)O)N2c2ccc(N)cc2)cc1. The van der Waals surface area contributed by atoms with Crippen LogP contribution in [-0.2, 0) is 15.8 Å².